The van der Waals surface area contributed by atoms with Crippen LogP contribution >= 0.6 is 11.8 Å². The average molecular weight is 275 g/mol. The average Bonchev–Trinajstić information content (AvgIpc) is 3.10. The van der Waals surface area contributed by atoms with Crippen LogP contribution in [0.4, 0.5) is 0 Å². The fourth-order valence-corrected chi connectivity index (χ4v) is 4.14. The zero-order chi connectivity index (χ0) is 13.1. The third-order valence-corrected chi connectivity index (χ3v) is 5.51. The lowest BCUT2D eigenvalue weighted by molar-refractivity contribution is -0.120. The number of amides is 1. The summed E-state index contributed by atoms with van der Waals surface area (Å²) in [5.74, 6) is 0.214. The number of nitrogens with one attached hydrogen (secondary N) is 1. The van der Waals surface area contributed by atoms with E-state index in [0.717, 1.165) is 18.4 Å². The summed E-state index contributed by atoms with van der Waals surface area (Å²) in [4.78, 5) is 12.4. The van der Waals surface area contributed by atoms with Gasteiger partial charge in [-0.25, -0.2) is 0 Å². The Hall–Kier alpha value is -0.960. The molecule has 19 heavy (non-hydrogen) atoms. The summed E-state index contributed by atoms with van der Waals surface area (Å²) in [7, 11) is 0. The molecule has 1 aromatic carbocycles. The highest BCUT2D eigenvalue weighted by atomic mass is 32.2. The Morgan fingerprint density at radius 2 is 1.79 bits per heavy atom. The van der Waals surface area contributed by atoms with E-state index in [4.69, 9.17) is 0 Å². The van der Waals surface area contributed by atoms with E-state index in [1.165, 1.54) is 25.7 Å². The lowest BCUT2D eigenvalue weighted by Gasteiger charge is -2.20. The van der Waals surface area contributed by atoms with Gasteiger partial charge in [0, 0.05) is 11.3 Å². The molecule has 0 heterocycles. The number of carbonyl (C=O) groups is 1. The number of thioether (sulfide) groups is 1. The van der Waals surface area contributed by atoms with Gasteiger partial charge in [0.15, 0.2) is 0 Å². The van der Waals surface area contributed by atoms with Crippen LogP contribution in [0.3, 0.4) is 0 Å². The van der Waals surface area contributed by atoms with E-state index in [9.17, 15) is 4.79 Å². The molecule has 1 amide bonds. The molecule has 0 spiro atoms. The Morgan fingerprint density at radius 3 is 2.42 bits per heavy atom. The van der Waals surface area contributed by atoms with Crippen molar-refractivity contribution in [1.82, 2.24) is 5.32 Å². The standard InChI is InChI=1S/C16H21NOS/c18-16(17-13-10-11-13)15(12-6-2-1-3-7-12)19-14-8-4-5-9-14/h1-3,6-7,13-15H,4-5,8-11H2,(H,17,18)/t15-/m0/s1. The predicted octanol–water partition coefficient (Wildman–Crippen LogP) is 3.68. The van der Waals surface area contributed by atoms with Crippen LogP contribution in [0.15, 0.2) is 30.3 Å². The van der Waals surface area contributed by atoms with Gasteiger partial charge in [0.1, 0.15) is 5.25 Å². The highest BCUT2D eigenvalue weighted by molar-refractivity contribution is 8.00. The third kappa shape index (κ3) is 3.53. The minimum Gasteiger partial charge on any atom is -0.352 e. The van der Waals surface area contributed by atoms with Crippen molar-refractivity contribution in [3.8, 4) is 0 Å². The Labute approximate surface area is 119 Å². The van der Waals surface area contributed by atoms with Crippen molar-refractivity contribution in [2.45, 2.75) is 55.1 Å². The van der Waals surface area contributed by atoms with Gasteiger partial charge in [0.2, 0.25) is 5.91 Å². The summed E-state index contributed by atoms with van der Waals surface area (Å²) in [5.41, 5.74) is 1.15. The molecule has 0 unspecified atom stereocenters. The first-order chi connectivity index (χ1) is 9.33. The first kappa shape index (κ1) is 13.0. The molecule has 0 radical (unpaired) electrons. The van der Waals surface area contributed by atoms with Crippen molar-refractivity contribution < 1.29 is 4.79 Å². The van der Waals surface area contributed by atoms with Gasteiger partial charge in [-0.1, -0.05) is 43.2 Å². The fourth-order valence-electron chi connectivity index (χ4n) is 2.64. The number of rotatable bonds is 5. The zero-order valence-corrected chi connectivity index (χ0v) is 12.0. The van der Waals surface area contributed by atoms with Crippen molar-refractivity contribution >= 4 is 17.7 Å². The minimum atomic E-state index is -0.0232. The molecule has 2 nitrogen and oxygen atoms in total. The van der Waals surface area contributed by atoms with E-state index in [-0.39, 0.29) is 11.2 Å². The summed E-state index contributed by atoms with van der Waals surface area (Å²) < 4.78 is 0. The number of hydrogen-bond acceptors (Lipinski definition) is 2. The second-order valence-corrected chi connectivity index (χ2v) is 7.03. The van der Waals surface area contributed by atoms with Crippen LogP contribution in [0.5, 0.6) is 0 Å². The SMILES string of the molecule is O=C(NC1CC1)[C@@H](SC1CCCC1)c1ccccc1. The van der Waals surface area contributed by atoms with Gasteiger partial charge in [0.05, 0.1) is 0 Å². The molecule has 1 aromatic rings. The maximum Gasteiger partial charge on any atom is 0.237 e. The second kappa shape index (κ2) is 6.00. The van der Waals surface area contributed by atoms with E-state index in [0.29, 0.717) is 11.3 Å². The van der Waals surface area contributed by atoms with Crippen molar-refractivity contribution in [1.29, 1.82) is 0 Å². The Balaban J connectivity index is 1.71. The molecule has 3 heteroatoms. The fraction of sp³-hybridized carbons (Fsp3) is 0.562. The highest BCUT2D eigenvalue weighted by Crippen LogP contribution is 2.40. The van der Waals surface area contributed by atoms with Crippen LogP contribution in [-0.4, -0.2) is 17.2 Å². The van der Waals surface area contributed by atoms with E-state index >= 15 is 0 Å². The molecule has 2 saturated carbocycles. The first-order valence-electron chi connectivity index (χ1n) is 7.34. The Kier molecular flexibility index (Phi) is 4.12. The molecule has 1 atom stereocenters. The van der Waals surface area contributed by atoms with E-state index in [1.807, 2.05) is 30.0 Å². The molecule has 2 fully saturated rings. The minimum absolute atomic E-state index is 0.0232. The summed E-state index contributed by atoms with van der Waals surface area (Å²) in [6.45, 7) is 0. The quantitative estimate of drug-likeness (QED) is 0.888. The van der Waals surface area contributed by atoms with Crippen LogP contribution in [0, 0.1) is 0 Å². The highest BCUT2D eigenvalue weighted by Gasteiger charge is 2.31. The van der Waals surface area contributed by atoms with Gasteiger partial charge in [-0.05, 0) is 31.2 Å². The number of hydrogen-bond donors (Lipinski definition) is 1. The smallest absolute Gasteiger partial charge is 0.237 e. The van der Waals surface area contributed by atoms with Crippen LogP contribution in [0.25, 0.3) is 0 Å². The molecule has 102 valence electrons. The van der Waals surface area contributed by atoms with Gasteiger partial charge in [-0.2, -0.15) is 0 Å². The number of benzene rings is 1. The van der Waals surface area contributed by atoms with Crippen molar-refractivity contribution in [2.24, 2.45) is 0 Å². The van der Waals surface area contributed by atoms with Crippen LogP contribution in [0.1, 0.15) is 49.3 Å². The lowest BCUT2D eigenvalue weighted by Crippen LogP contribution is -2.30. The molecule has 0 aromatic heterocycles. The topological polar surface area (TPSA) is 29.1 Å². The summed E-state index contributed by atoms with van der Waals surface area (Å²) in [6, 6.07) is 10.7. The van der Waals surface area contributed by atoms with Gasteiger partial charge in [-0.3, -0.25) is 4.79 Å². The van der Waals surface area contributed by atoms with Crippen molar-refractivity contribution in [3.63, 3.8) is 0 Å². The van der Waals surface area contributed by atoms with E-state index < -0.39 is 0 Å². The van der Waals surface area contributed by atoms with Gasteiger partial charge >= 0.3 is 0 Å². The van der Waals surface area contributed by atoms with Gasteiger partial charge in [-0.15, -0.1) is 11.8 Å². The summed E-state index contributed by atoms with van der Waals surface area (Å²) in [5, 5.41) is 3.81. The molecule has 0 aliphatic heterocycles. The Bertz CT molecular complexity index is 424. The summed E-state index contributed by atoms with van der Waals surface area (Å²) >= 11 is 1.87. The molecule has 2 aliphatic carbocycles. The maximum atomic E-state index is 12.4. The largest absolute Gasteiger partial charge is 0.352 e. The summed E-state index contributed by atoms with van der Waals surface area (Å²) in [6.07, 6.45) is 7.49. The van der Waals surface area contributed by atoms with Crippen LogP contribution < -0.4 is 5.32 Å². The van der Waals surface area contributed by atoms with Crippen molar-refractivity contribution in [3.05, 3.63) is 35.9 Å². The monoisotopic (exact) mass is 275 g/mol. The molecule has 3 rings (SSSR count). The predicted molar refractivity (Wildman–Crippen MR) is 80.2 cm³/mol. The maximum absolute atomic E-state index is 12.4. The first-order valence-corrected chi connectivity index (χ1v) is 8.28. The normalized spacial score (nSPS) is 21.3. The third-order valence-electron chi connectivity index (χ3n) is 3.89. The van der Waals surface area contributed by atoms with Crippen LogP contribution in [-0.2, 0) is 4.79 Å². The van der Waals surface area contributed by atoms with Crippen molar-refractivity contribution in [2.75, 3.05) is 0 Å². The molecular weight excluding hydrogens is 254 g/mol. The molecular formula is C16H21NOS. The van der Waals surface area contributed by atoms with Gasteiger partial charge < -0.3 is 5.32 Å². The van der Waals surface area contributed by atoms with Crippen LogP contribution in [0.2, 0.25) is 0 Å². The van der Waals surface area contributed by atoms with E-state index in [2.05, 4.69) is 17.4 Å². The Morgan fingerprint density at radius 1 is 1.11 bits per heavy atom. The molecule has 0 bridgehead atoms. The van der Waals surface area contributed by atoms with Gasteiger partial charge in [0.25, 0.3) is 0 Å². The zero-order valence-electron chi connectivity index (χ0n) is 11.2. The lowest BCUT2D eigenvalue weighted by atomic mass is 10.1. The molecule has 1 N–H and O–H groups in total. The second-order valence-electron chi connectivity index (χ2n) is 5.62. The molecule has 2 aliphatic rings. The van der Waals surface area contributed by atoms with E-state index in [1.54, 1.807) is 0 Å². The molecule has 0 saturated heterocycles. The number of carbonyl (C=O) groups excluding carboxylic acids is 1.